The average molecular weight is 518 g/mol. The topological polar surface area (TPSA) is 123 Å². The van der Waals surface area contributed by atoms with Crippen molar-refractivity contribution in [1.82, 2.24) is 14.9 Å². The molecule has 36 heavy (non-hydrogen) atoms. The Bertz CT molecular complexity index is 1210. The van der Waals surface area contributed by atoms with Gasteiger partial charge in [-0.1, -0.05) is 0 Å². The molecule has 1 saturated heterocycles. The van der Waals surface area contributed by atoms with Gasteiger partial charge in [-0.2, -0.15) is 4.31 Å². The van der Waals surface area contributed by atoms with Crippen molar-refractivity contribution < 1.29 is 32.2 Å². The van der Waals surface area contributed by atoms with Crippen molar-refractivity contribution >= 4 is 21.8 Å². The van der Waals surface area contributed by atoms with Crippen molar-refractivity contribution in [2.45, 2.75) is 43.7 Å². The van der Waals surface area contributed by atoms with Gasteiger partial charge in [0.2, 0.25) is 22.7 Å². The molecule has 2 N–H and O–H groups in total. The molecule has 11 heteroatoms. The van der Waals surface area contributed by atoms with Gasteiger partial charge >= 0.3 is 0 Å². The third-order valence-electron chi connectivity index (χ3n) is 6.30. The minimum absolute atomic E-state index is 0.0951. The quantitative estimate of drug-likeness (QED) is 0.550. The summed E-state index contributed by atoms with van der Waals surface area (Å²) in [6.45, 7) is 4.27. The molecule has 0 aromatic heterocycles. The first kappa shape index (κ1) is 25.8. The highest BCUT2D eigenvalue weighted by molar-refractivity contribution is 7.89. The van der Waals surface area contributed by atoms with E-state index in [0.29, 0.717) is 35.7 Å². The first-order valence-corrected chi connectivity index (χ1v) is 13.3. The third-order valence-corrected chi connectivity index (χ3v) is 8.21. The number of carbonyl (C=O) groups is 2. The summed E-state index contributed by atoms with van der Waals surface area (Å²) in [4.78, 5) is 26.3. The van der Waals surface area contributed by atoms with E-state index in [4.69, 9.17) is 14.2 Å². The minimum Gasteiger partial charge on any atom is -0.497 e. The molecule has 2 aliphatic rings. The van der Waals surface area contributed by atoms with Gasteiger partial charge in [0.1, 0.15) is 11.8 Å². The molecule has 1 fully saturated rings. The third kappa shape index (κ3) is 5.57. The van der Waals surface area contributed by atoms with E-state index >= 15 is 0 Å². The maximum atomic E-state index is 13.1. The zero-order valence-electron chi connectivity index (χ0n) is 20.5. The Morgan fingerprint density at radius 3 is 2.31 bits per heavy atom. The summed E-state index contributed by atoms with van der Waals surface area (Å²) in [5, 5.41) is 5.74. The number of hydrogen-bond donors (Lipinski definition) is 2. The summed E-state index contributed by atoms with van der Waals surface area (Å²) < 4.78 is 43.4. The Balaban J connectivity index is 1.46. The molecule has 0 radical (unpaired) electrons. The molecule has 1 unspecified atom stereocenters. The predicted octanol–water partition coefficient (Wildman–Crippen LogP) is 2.15. The second-order valence-electron chi connectivity index (χ2n) is 9.10. The van der Waals surface area contributed by atoms with Crippen LogP contribution in [0.2, 0.25) is 0 Å². The van der Waals surface area contributed by atoms with Gasteiger partial charge in [0.15, 0.2) is 11.5 Å². The van der Waals surface area contributed by atoms with E-state index in [1.54, 1.807) is 30.3 Å². The molecule has 10 nitrogen and oxygen atoms in total. The summed E-state index contributed by atoms with van der Waals surface area (Å²) in [7, 11) is -2.16. The molecular weight excluding hydrogens is 486 g/mol. The highest BCUT2D eigenvalue weighted by Gasteiger charge is 2.36. The van der Waals surface area contributed by atoms with Crippen LogP contribution in [-0.4, -0.2) is 63.6 Å². The minimum atomic E-state index is -3.68. The highest BCUT2D eigenvalue weighted by atomic mass is 32.2. The van der Waals surface area contributed by atoms with E-state index in [9.17, 15) is 18.0 Å². The molecule has 2 heterocycles. The lowest BCUT2D eigenvalue weighted by atomic mass is 9.89. The number of amides is 2. The van der Waals surface area contributed by atoms with Gasteiger partial charge in [-0.25, -0.2) is 8.42 Å². The van der Waals surface area contributed by atoms with Gasteiger partial charge < -0.3 is 24.8 Å². The Kier molecular flexibility index (Phi) is 7.70. The molecule has 0 aliphatic carbocycles. The molecule has 0 spiro atoms. The molecule has 4 rings (SSSR count). The van der Waals surface area contributed by atoms with E-state index < -0.39 is 22.0 Å². The van der Waals surface area contributed by atoms with E-state index in [0.717, 1.165) is 0 Å². The second kappa shape index (κ2) is 10.8. The van der Waals surface area contributed by atoms with Crippen LogP contribution in [0.25, 0.3) is 0 Å². The van der Waals surface area contributed by atoms with E-state index in [1.807, 2.05) is 13.8 Å². The van der Waals surface area contributed by atoms with E-state index in [2.05, 4.69) is 10.6 Å². The van der Waals surface area contributed by atoms with Crippen LogP contribution >= 0.6 is 0 Å². The number of hydrogen-bond acceptors (Lipinski definition) is 7. The first-order valence-electron chi connectivity index (χ1n) is 11.8. The van der Waals surface area contributed by atoms with Gasteiger partial charge in [-0.3, -0.25) is 9.59 Å². The van der Waals surface area contributed by atoms with Gasteiger partial charge in [0.05, 0.1) is 12.0 Å². The number of rotatable bonds is 8. The summed E-state index contributed by atoms with van der Waals surface area (Å²) in [5.74, 6) is 0.670. The lowest BCUT2D eigenvalue weighted by molar-refractivity contribution is -0.125. The molecule has 194 valence electrons. The number of nitrogens with one attached hydrogen (secondary N) is 2. The van der Waals surface area contributed by atoms with Gasteiger partial charge in [-0.15, -0.1) is 0 Å². The van der Waals surface area contributed by atoms with Crippen molar-refractivity contribution in [3.8, 4) is 17.2 Å². The standard InChI is InChI=1S/C25H31N3O7S/c1-16(2)26-25(30)23(27-24(29)18-4-9-21-22(14-18)35-15-34-21)17-10-12-28(13-11-17)36(31,32)20-7-5-19(33-3)6-8-20/h4-9,14,16-17,23H,10-13,15H2,1-3H3,(H,26,30)(H,27,29). The van der Waals surface area contributed by atoms with Crippen LogP contribution in [0, 0.1) is 5.92 Å². The van der Waals surface area contributed by atoms with E-state index in [-0.39, 0.29) is 42.6 Å². The summed E-state index contributed by atoms with van der Waals surface area (Å²) >= 11 is 0. The maximum absolute atomic E-state index is 13.1. The average Bonchev–Trinajstić information content (AvgIpc) is 3.35. The fourth-order valence-electron chi connectivity index (χ4n) is 4.38. The number of nitrogens with zero attached hydrogens (tertiary/aromatic N) is 1. The largest absolute Gasteiger partial charge is 0.497 e. The summed E-state index contributed by atoms with van der Waals surface area (Å²) in [6, 6.07) is 10.2. The number of fused-ring (bicyclic) bond motifs is 1. The Labute approximate surface area is 211 Å². The normalized spacial score (nSPS) is 17.0. The molecular formula is C25H31N3O7S. The number of methoxy groups -OCH3 is 1. The van der Waals surface area contributed by atoms with Crippen molar-refractivity contribution in [1.29, 1.82) is 0 Å². The summed E-state index contributed by atoms with van der Waals surface area (Å²) in [5.41, 5.74) is 0.348. The number of carbonyl (C=O) groups excluding carboxylic acids is 2. The number of benzene rings is 2. The van der Waals surface area contributed by atoms with Crippen molar-refractivity contribution in [2.75, 3.05) is 27.0 Å². The lowest BCUT2D eigenvalue weighted by Gasteiger charge is -2.35. The lowest BCUT2D eigenvalue weighted by Crippen LogP contribution is -2.54. The van der Waals surface area contributed by atoms with Crippen LogP contribution in [0.1, 0.15) is 37.0 Å². The Morgan fingerprint density at radius 2 is 1.67 bits per heavy atom. The zero-order valence-corrected chi connectivity index (χ0v) is 21.3. The predicted molar refractivity (Wildman–Crippen MR) is 132 cm³/mol. The van der Waals surface area contributed by atoms with Crippen LogP contribution in [-0.2, 0) is 14.8 Å². The maximum Gasteiger partial charge on any atom is 0.252 e. The van der Waals surface area contributed by atoms with Crippen molar-refractivity contribution in [3.05, 3.63) is 48.0 Å². The van der Waals surface area contributed by atoms with Crippen LogP contribution in [0.4, 0.5) is 0 Å². The fraction of sp³-hybridized carbons (Fsp3) is 0.440. The van der Waals surface area contributed by atoms with Gasteiger partial charge in [-0.05, 0) is 75.1 Å². The van der Waals surface area contributed by atoms with Crippen LogP contribution in [0.5, 0.6) is 17.2 Å². The SMILES string of the molecule is COc1ccc(S(=O)(=O)N2CCC(C(NC(=O)c3ccc4c(c3)OCO4)C(=O)NC(C)C)CC2)cc1. The second-order valence-corrected chi connectivity index (χ2v) is 11.0. The van der Waals surface area contributed by atoms with Crippen LogP contribution < -0.4 is 24.8 Å². The Hall–Kier alpha value is -3.31. The van der Waals surface area contributed by atoms with Crippen molar-refractivity contribution in [2.24, 2.45) is 5.92 Å². The molecule has 1 atom stereocenters. The van der Waals surface area contributed by atoms with Crippen molar-refractivity contribution in [3.63, 3.8) is 0 Å². The Morgan fingerprint density at radius 1 is 1.00 bits per heavy atom. The zero-order chi connectivity index (χ0) is 25.9. The molecule has 2 amide bonds. The molecule has 2 aliphatic heterocycles. The van der Waals surface area contributed by atoms with Gasteiger partial charge in [0, 0.05) is 24.7 Å². The number of ether oxygens (including phenoxy) is 3. The smallest absolute Gasteiger partial charge is 0.252 e. The van der Waals surface area contributed by atoms with Crippen LogP contribution in [0.3, 0.4) is 0 Å². The number of piperidine rings is 1. The van der Waals surface area contributed by atoms with Crippen LogP contribution in [0.15, 0.2) is 47.4 Å². The molecule has 2 aromatic rings. The fourth-order valence-corrected chi connectivity index (χ4v) is 5.85. The molecule has 0 saturated carbocycles. The van der Waals surface area contributed by atoms with E-state index in [1.165, 1.54) is 23.5 Å². The highest BCUT2D eigenvalue weighted by Crippen LogP contribution is 2.33. The molecule has 0 bridgehead atoms. The monoisotopic (exact) mass is 517 g/mol. The van der Waals surface area contributed by atoms with Gasteiger partial charge in [0.25, 0.3) is 5.91 Å². The molecule has 2 aromatic carbocycles. The number of sulfonamides is 1. The summed E-state index contributed by atoms with van der Waals surface area (Å²) in [6.07, 6.45) is 0.847. The first-order chi connectivity index (χ1) is 17.2.